The van der Waals surface area contributed by atoms with Gasteiger partial charge in [-0.25, -0.2) is 0 Å². The van der Waals surface area contributed by atoms with Crippen LogP contribution in [-0.4, -0.2) is 23.9 Å². The van der Waals surface area contributed by atoms with Crippen molar-refractivity contribution in [2.24, 2.45) is 5.73 Å². The zero-order valence-corrected chi connectivity index (χ0v) is 13.4. The standard InChI is InChI=1S/C17H21N3O3/c1-3-22-14-11-12(5-7-13(14)21-2)6-8-15-19-16(20-23-15)17(18)9-4-10-17/h5-8,11H,3-4,9-10,18H2,1-2H3/b8-6+. The van der Waals surface area contributed by atoms with Crippen molar-refractivity contribution in [3.05, 3.63) is 35.5 Å². The van der Waals surface area contributed by atoms with Gasteiger partial charge in [-0.1, -0.05) is 11.2 Å². The number of rotatable bonds is 6. The average Bonchev–Trinajstić information content (AvgIpc) is 3.00. The molecule has 23 heavy (non-hydrogen) atoms. The minimum atomic E-state index is -0.405. The summed E-state index contributed by atoms with van der Waals surface area (Å²) in [7, 11) is 1.62. The predicted molar refractivity (Wildman–Crippen MR) is 87.1 cm³/mol. The number of methoxy groups -OCH3 is 1. The molecule has 0 unspecified atom stereocenters. The van der Waals surface area contributed by atoms with Crippen molar-refractivity contribution in [2.45, 2.75) is 31.7 Å². The third-order valence-corrected chi connectivity index (χ3v) is 4.04. The van der Waals surface area contributed by atoms with Crippen LogP contribution in [0.3, 0.4) is 0 Å². The Balaban J connectivity index is 1.76. The summed E-state index contributed by atoms with van der Waals surface area (Å²) in [6.07, 6.45) is 6.60. The second-order valence-corrected chi connectivity index (χ2v) is 5.64. The maximum absolute atomic E-state index is 6.19. The van der Waals surface area contributed by atoms with E-state index in [1.807, 2.05) is 31.2 Å². The molecule has 1 fully saturated rings. The topological polar surface area (TPSA) is 83.4 Å². The number of nitrogens with zero attached hydrogens (tertiary/aromatic N) is 2. The number of aromatic nitrogens is 2. The lowest BCUT2D eigenvalue weighted by Gasteiger charge is -2.34. The normalized spacial score (nSPS) is 16.3. The van der Waals surface area contributed by atoms with Crippen molar-refractivity contribution in [3.63, 3.8) is 0 Å². The molecule has 3 rings (SSSR count). The van der Waals surface area contributed by atoms with Crippen LogP contribution in [0.5, 0.6) is 11.5 Å². The van der Waals surface area contributed by atoms with Gasteiger partial charge in [-0.15, -0.1) is 0 Å². The van der Waals surface area contributed by atoms with E-state index in [1.165, 1.54) is 0 Å². The van der Waals surface area contributed by atoms with Crippen LogP contribution in [0.4, 0.5) is 0 Å². The van der Waals surface area contributed by atoms with Crippen LogP contribution in [0.1, 0.15) is 43.5 Å². The molecule has 1 saturated carbocycles. The van der Waals surface area contributed by atoms with Gasteiger partial charge in [0.25, 0.3) is 5.89 Å². The van der Waals surface area contributed by atoms with Gasteiger partial charge in [0, 0.05) is 6.08 Å². The van der Waals surface area contributed by atoms with Gasteiger partial charge in [-0.2, -0.15) is 4.98 Å². The van der Waals surface area contributed by atoms with Crippen LogP contribution in [0, 0.1) is 0 Å². The number of hydrogen-bond acceptors (Lipinski definition) is 6. The monoisotopic (exact) mass is 315 g/mol. The van der Waals surface area contributed by atoms with Gasteiger partial charge in [-0.05, 0) is 50.0 Å². The first-order valence-electron chi connectivity index (χ1n) is 7.76. The molecule has 1 aromatic carbocycles. The molecule has 1 aliphatic rings. The van der Waals surface area contributed by atoms with E-state index < -0.39 is 5.54 Å². The predicted octanol–water partition coefficient (Wildman–Crippen LogP) is 2.99. The largest absolute Gasteiger partial charge is 0.493 e. The zero-order valence-electron chi connectivity index (χ0n) is 13.4. The lowest BCUT2D eigenvalue weighted by molar-refractivity contribution is 0.229. The second-order valence-electron chi connectivity index (χ2n) is 5.64. The number of hydrogen-bond donors (Lipinski definition) is 1. The van der Waals surface area contributed by atoms with Gasteiger partial charge in [0.2, 0.25) is 0 Å². The van der Waals surface area contributed by atoms with Crippen LogP contribution in [-0.2, 0) is 5.54 Å². The van der Waals surface area contributed by atoms with E-state index in [-0.39, 0.29) is 0 Å². The second kappa shape index (κ2) is 6.42. The molecule has 0 spiro atoms. The highest BCUT2D eigenvalue weighted by Crippen LogP contribution is 2.37. The molecule has 1 heterocycles. The molecule has 122 valence electrons. The van der Waals surface area contributed by atoms with Crippen molar-refractivity contribution in [1.29, 1.82) is 0 Å². The zero-order chi connectivity index (χ0) is 16.3. The van der Waals surface area contributed by atoms with Crippen LogP contribution < -0.4 is 15.2 Å². The summed E-state index contributed by atoms with van der Waals surface area (Å²) in [5.74, 6) is 2.46. The molecule has 0 saturated heterocycles. The van der Waals surface area contributed by atoms with Gasteiger partial charge in [-0.3, -0.25) is 0 Å². The summed E-state index contributed by atoms with van der Waals surface area (Å²) in [4.78, 5) is 4.37. The summed E-state index contributed by atoms with van der Waals surface area (Å²) in [5.41, 5.74) is 6.74. The molecule has 0 aliphatic heterocycles. The number of nitrogens with two attached hydrogens (primary N) is 1. The van der Waals surface area contributed by atoms with Crippen LogP contribution in [0.2, 0.25) is 0 Å². The Hall–Kier alpha value is -2.34. The molecule has 2 aromatic rings. The van der Waals surface area contributed by atoms with E-state index >= 15 is 0 Å². The Bertz CT molecular complexity index is 705. The number of benzene rings is 1. The SMILES string of the molecule is CCOc1cc(/C=C/c2nc(C3(N)CCC3)no2)ccc1OC. The molecule has 1 aliphatic carbocycles. The van der Waals surface area contributed by atoms with Crippen molar-refractivity contribution in [3.8, 4) is 11.5 Å². The molecule has 1 aromatic heterocycles. The van der Waals surface area contributed by atoms with Gasteiger partial charge >= 0.3 is 0 Å². The minimum Gasteiger partial charge on any atom is -0.493 e. The molecule has 6 nitrogen and oxygen atoms in total. The molecule has 0 radical (unpaired) electrons. The summed E-state index contributed by atoms with van der Waals surface area (Å²) >= 11 is 0. The van der Waals surface area contributed by atoms with Gasteiger partial charge in [0.05, 0.1) is 19.3 Å². The van der Waals surface area contributed by atoms with Gasteiger partial charge < -0.3 is 19.7 Å². The molecule has 0 bridgehead atoms. The smallest absolute Gasteiger partial charge is 0.250 e. The van der Waals surface area contributed by atoms with E-state index in [0.717, 1.165) is 24.8 Å². The summed E-state index contributed by atoms with van der Waals surface area (Å²) in [6, 6.07) is 5.71. The van der Waals surface area contributed by atoms with Crippen LogP contribution in [0.25, 0.3) is 12.2 Å². The van der Waals surface area contributed by atoms with E-state index in [1.54, 1.807) is 13.2 Å². The molecule has 6 heteroatoms. The summed E-state index contributed by atoms with van der Waals surface area (Å²) < 4.78 is 16.1. The molecule has 0 atom stereocenters. The van der Waals surface area contributed by atoms with Crippen molar-refractivity contribution < 1.29 is 14.0 Å². The maximum atomic E-state index is 6.19. The van der Waals surface area contributed by atoms with E-state index in [4.69, 9.17) is 19.7 Å². The highest BCUT2D eigenvalue weighted by atomic mass is 16.5. The Morgan fingerprint density at radius 3 is 2.78 bits per heavy atom. The fourth-order valence-corrected chi connectivity index (χ4v) is 2.52. The fourth-order valence-electron chi connectivity index (χ4n) is 2.52. The van der Waals surface area contributed by atoms with E-state index in [2.05, 4.69) is 10.1 Å². The lowest BCUT2D eigenvalue weighted by atomic mass is 9.77. The Morgan fingerprint density at radius 1 is 1.30 bits per heavy atom. The first-order chi connectivity index (χ1) is 11.1. The highest BCUT2D eigenvalue weighted by molar-refractivity contribution is 5.67. The Kier molecular flexibility index (Phi) is 4.34. The van der Waals surface area contributed by atoms with Crippen molar-refractivity contribution >= 4 is 12.2 Å². The molecule has 2 N–H and O–H groups in total. The quantitative estimate of drug-likeness (QED) is 0.882. The third kappa shape index (κ3) is 3.22. The maximum Gasteiger partial charge on any atom is 0.250 e. The van der Waals surface area contributed by atoms with E-state index in [0.29, 0.717) is 29.8 Å². The molecule has 0 amide bonds. The Labute approximate surface area is 135 Å². The first-order valence-corrected chi connectivity index (χ1v) is 7.76. The summed E-state index contributed by atoms with van der Waals surface area (Å²) in [6.45, 7) is 2.51. The van der Waals surface area contributed by atoms with Crippen LogP contribution >= 0.6 is 0 Å². The van der Waals surface area contributed by atoms with Gasteiger partial charge in [0.15, 0.2) is 17.3 Å². The summed E-state index contributed by atoms with van der Waals surface area (Å²) in [5, 5.41) is 3.99. The van der Waals surface area contributed by atoms with Gasteiger partial charge in [0.1, 0.15) is 0 Å². The fraction of sp³-hybridized carbons (Fsp3) is 0.412. The lowest BCUT2D eigenvalue weighted by Crippen LogP contribution is -2.44. The van der Waals surface area contributed by atoms with Crippen molar-refractivity contribution in [1.82, 2.24) is 10.1 Å². The van der Waals surface area contributed by atoms with Crippen molar-refractivity contribution in [2.75, 3.05) is 13.7 Å². The average molecular weight is 315 g/mol. The van der Waals surface area contributed by atoms with E-state index in [9.17, 15) is 0 Å². The first kappa shape index (κ1) is 15.6. The molecular formula is C17H21N3O3. The highest BCUT2D eigenvalue weighted by Gasteiger charge is 2.38. The molecular weight excluding hydrogens is 294 g/mol. The minimum absolute atomic E-state index is 0.405. The number of ether oxygens (including phenoxy) is 2. The van der Waals surface area contributed by atoms with Crippen LogP contribution in [0.15, 0.2) is 22.7 Å². The Morgan fingerprint density at radius 2 is 2.13 bits per heavy atom. The third-order valence-electron chi connectivity index (χ3n) is 4.04.